The van der Waals surface area contributed by atoms with Gasteiger partial charge in [0.1, 0.15) is 0 Å². The summed E-state index contributed by atoms with van der Waals surface area (Å²) in [6, 6.07) is 6.02. The number of hydrogen-bond acceptors (Lipinski definition) is 2. The molecule has 0 radical (unpaired) electrons. The van der Waals surface area contributed by atoms with Gasteiger partial charge in [-0.1, -0.05) is 23.2 Å². The van der Waals surface area contributed by atoms with E-state index in [1.165, 1.54) is 12.8 Å². The van der Waals surface area contributed by atoms with Crippen LogP contribution in [-0.2, 0) is 0 Å². The number of anilines is 1. The van der Waals surface area contributed by atoms with Gasteiger partial charge < -0.3 is 10.6 Å². The zero-order chi connectivity index (χ0) is 10.7. The molecule has 1 aromatic carbocycles. The average molecular weight is 245 g/mol. The fraction of sp³-hybridized carbons (Fsp3) is 0.455. The Morgan fingerprint density at radius 2 is 2.27 bits per heavy atom. The molecule has 2 nitrogen and oxygen atoms in total. The zero-order valence-electron chi connectivity index (χ0n) is 8.39. The first-order valence-electron chi connectivity index (χ1n) is 5.18. The van der Waals surface area contributed by atoms with Gasteiger partial charge in [-0.2, -0.15) is 0 Å². The highest BCUT2D eigenvalue weighted by atomic mass is 35.5. The van der Waals surface area contributed by atoms with Gasteiger partial charge in [0.2, 0.25) is 0 Å². The van der Waals surface area contributed by atoms with Crippen LogP contribution in [0.15, 0.2) is 18.2 Å². The van der Waals surface area contributed by atoms with E-state index in [1.807, 2.05) is 12.1 Å². The maximum absolute atomic E-state index is 6.04. The topological polar surface area (TPSA) is 24.1 Å². The third kappa shape index (κ3) is 3.00. The summed E-state index contributed by atoms with van der Waals surface area (Å²) in [5, 5.41) is 8.17. The Hall–Kier alpha value is -0.440. The molecule has 1 fully saturated rings. The first-order chi connectivity index (χ1) is 7.25. The van der Waals surface area contributed by atoms with Crippen molar-refractivity contribution in [3.05, 3.63) is 28.2 Å². The number of hydrogen-bond donors (Lipinski definition) is 2. The van der Waals surface area contributed by atoms with Crippen molar-refractivity contribution in [3.63, 3.8) is 0 Å². The fourth-order valence-corrected chi connectivity index (χ4v) is 2.15. The first-order valence-corrected chi connectivity index (χ1v) is 5.93. The van der Waals surface area contributed by atoms with Gasteiger partial charge >= 0.3 is 0 Å². The van der Waals surface area contributed by atoms with Crippen LogP contribution in [0, 0.1) is 0 Å². The summed E-state index contributed by atoms with van der Waals surface area (Å²) in [5.74, 6) is 0. The molecule has 2 N–H and O–H groups in total. The van der Waals surface area contributed by atoms with E-state index in [4.69, 9.17) is 23.2 Å². The molecule has 0 saturated carbocycles. The minimum Gasteiger partial charge on any atom is -0.382 e. The number of nitrogens with one attached hydrogen (secondary N) is 2. The second kappa shape index (κ2) is 5.06. The highest BCUT2D eigenvalue weighted by Crippen LogP contribution is 2.25. The van der Waals surface area contributed by atoms with E-state index < -0.39 is 0 Å². The van der Waals surface area contributed by atoms with Crippen LogP contribution < -0.4 is 10.6 Å². The van der Waals surface area contributed by atoms with Gasteiger partial charge in [-0.3, -0.25) is 0 Å². The molecule has 1 saturated heterocycles. The van der Waals surface area contributed by atoms with Crippen molar-refractivity contribution in [1.29, 1.82) is 0 Å². The Morgan fingerprint density at radius 3 is 3.00 bits per heavy atom. The Kier molecular flexibility index (Phi) is 3.73. The molecule has 0 amide bonds. The van der Waals surface area contributed by atoms with E-state index in [9.17, 15) is 0 Å². The van der Waals surface area contributed by atoms with E-state index >= 15 is 0 Å². The minimum absolute atomic E-state index is 0.556. The summed E-state index contributed by atoms with van der Waals surface area (Å²) in [6.45, 7) is 2.02. The van der Waals surface area contributed by atoms with E-state index in [-0.39, 0.29) is 0 Å². The van der Waals surface area contributed by atoms with Crippen molar-refractivity contribution in [2.24, 2.45) is 0 Å². The summed E-state index contributed by atoms with van der Waals surface area (Å²) in [7, 11) is 0. The molecular weight excluding hydrogens is 231 g/mol. The van der Waals surface area contributed by atoms with Crippen molar-refractivity contribution in [2.45, 2.75) is 18.9 Å². The standard InChI is InChI=1S/C11H14Cl2N2/c12-8-3-4-10(13)11(6-8)15-7-9-2-1-5-14-9/h3-4,6,9,14-15H,1-2,5,7H2/t9-/m1/s1. The van der Waals surface area contributed by atoms with Gasteiger partial charge in [0.15, 0.2) is 0 Å². The third-order valence-corrected chi connectivity index (χ3v) is 3.19. The smallest absolute Gasteiger partial charge is 0.0638 e. The SMILES string of the molecule is Clc1ccc(Cl)c(NC[C@H]2CCCN2)c1. The highest BCUT2D eigenvalue weighted by molar-refractivity contribution is 6.35. The van der Waals surface area contributed by atoms with Crippen LogP contribution in [0.25, 0.3) is 0 Å². The van der Waals surface area contributed by atoms with Gasteiger partial charge in [-0.25, -0.2) is 0 Å². The number of rotatable bonds is 3. The van der Waals surface area contributed by atoms with Crippen molar-refractivity contribution >= 4 is 28.9 Å². The van der Waals surface area contributed by atoms with E-state index in [0.29, 0.717) is 11.1 Å². The summed E-state index contributed by atoms with van der Waals surface area (Å²) >= 11 is 11.9. The van der Waals surface area contributed by atoms with E-state index in [2.05, 4.69) is 10.6 Å². The molecule has 2 rings (SSSR count). The number of halogens is 2. The summed E-state index contributed by atoms with van der Waals surface area (Å²) < 4.78 is 0. The second-order valence-corrected chi connectivity index (χ2v) is 4.64. The lowest BCUT2D eigenvalue weighted by Gasteiger charge is -2.13. The molecule has 0 aliphatic carbocycles. The second-order valence-electron chi connectivity index (χ2n) is 3.80. The maximum Gasteiger partial charge on any atom is 0.0638 e. The third-order valence-electron chi connectivity index (χ3n) is 2.63. The largest absolute Gasteiger partial charge is 0.382 e. The molecule has 82 valence electrons. The lowest BCUT2D eigenvalue weighted by molar-refractivity contribution is 0.633. The van der Waals surface area contributed by atoms with Crippen molar-refractivity contribution < 1.29 is 0 Å². The predicted octanol–water partition coefficient (Wildman–Crippen LogP) is 3.16. The molecule has 1 aromatic rings. The summed E-state index contributed by atoms with van der Waals surface area (Å²) in [5.41, 5.74) is 0.915. The number of benzene rings is 1. The minimum atomic E-state index is 0.556. The van der Waals surface area contributed by atoms with Crippen LogP contribution in [0.1, 0.15) is 12.8 Å². The van der Waals surface area contributed by atoms with Crippen molar-refractivity contribution in [3.8, 4) is 0 Å². The van der Waals surface area contributed by atoms with Crippen LogP contribution >= 0.6 is 23.2 Å². The molecule has 1 aliphatic heterocycles. The van der Waals surface area contributed by atoms with Crippen molar-refractivity contribution in [1.82, 2.24) is 5.32 Å². The van der Waals surface area contributed by atoms with Crippen LogP contribution in [0.2, 0.25) is 10.0 Å². The molecule has 1 aliphatic rings. The molecule has 1 heterocycles. The Balaban J connectivity index is 1.94. The molecule has 15 heavy (non-hydrogen) atoms. The monoisotopic (exact) mass is 244 g/mol. The fourth-order valence-electron chi connectivity index (χ4n) is 1.80. The molecule has 0 bridgehead atoms. The van der Waals surface area contributed by atoms with Crippen LogP contribution in [0.3, 0.4) is 0 Å². The summed E-state index contributed by atoms with van der Waals surface area (Å²) in [6.07, 6.45) is 2.49. The van der Waals surface area contributed by atoms with Gasteiger partial charge in [0.25, 0.3) is 0 Å². The quantitative estimate of drug-likeness (QED) is 0.854. The average Bonchev–Trinajstić information content (AvgIpc) is 2.72. The Bertz CT molecular complexity index is 335. The van der Waals surface area contributed by atoms with Crippen LogP contribution in [0.4, 0.5) is 5.69 Å². The lowest BCUT2D eigenvalue weighted by atomic mass is 10.2. The van der Waals surface area contributed by atoms with E-state index in [0.717, 1.165) is 23.8 Å². The maximum atomic E-state index is 6.04. The molecule has 4 heteroatoms. The zero-order valence-corrected chi connectivity index (χ0v) is 9.91. The Labute approximate surface area is 100.0 Å². The van der Waals surface area contributed by atoms with Gasteiger partial charge in [0.05, 0.1) is 10.7 Å². The van der Waals surface area contributed by atoms with Crippen LogP contribution in [0.5, 0.6) is 0 Å². The normalized spacial score (nSPS) is 20.5. The lowest BCUT2D eigenvalue weighted by Crippen LogP contribution is -2.29. The highest BCUT2D eigenvalue weighted by Gasteiger charge is 2.13. The van der Waals surface area contributed by atoms with Gasteiger partial charge in [-0.15, -0.1) is 0 Å². The van der Waals surface area contributed by atoms with Gasteiger partial charge in [0, 0.05) is 17.6 Å². The van der Waals surface area contributed by atoms with E-state index in [1.54, 1.807) is 6.07 Å². The van der Waals surface area contributed by atoms with Gasteiger partial charge in [-0.05, 0) is 37.6 Å². The van der Waals surface area contributed by atoms with Crippen molar-refractivity contribution in [2.75, 3.05) is 18.4 Å². The molecule has 0 unspecified atom stereocenters. The Morgan fingerprint density at radius 1 is 1.40 bits per heavy atom. The molecule has 1 atom stereocenters. The molecule has 0 spiro atoms. The molecular formula is C11H14Cl2N2. The molecule has 0 aromatic heterocycles. The summed E-state index contributed by atoms with van der Waals surface area (Å²) in [4.78, 5) is 0. The van der Waals surface area contributed by atoms with Crippen LogP contribution in [-0.4, -0.2) is 19.1 Å². The predicted molar refractivity (Wildman–Crippen MR) is 66.0 cm³/mol. The first kappa shape index (κ1) is 11.1.